The van der Waals surface area contributed by atoms with E-state index < -0.39 is 0 Å². The highest BCUT2D eigenvalue weighted by molar-refractivity contribution is 5.23. The van der Waals surface area contributed by atoms with Crippen LogP contribution in [-0.2, 0) is 17.6 Å². The molecule has 0 saturated heterocycles. The zero-order chi connectivity index (χ0) is 13.7. The third-order valence-electron chi connectivity index (χ3n) is 4.67. The summed E-state index contributed by atoms with van der Waals surface area (Å²) in [4.78, 5) is 0. The molecule has 1 saturated carbocycles. The fourth-order valence-corrected chi connectivity index (χ4v) is 3.23. The fourth-order valence-electron chi connectivity index (χ4n) is 3.23. The molecule has 1 aliphatic rings. The summed E-state index contributed by atoms with van der Waals surface area (Å²) in [6.45, 7) is 2.18. The number of hydrogen-bond acceptors (Lipinski definition) is 2. The van der Waals surface area contributed by atoms with Crippen molar-refractivity contribution < 1.29 is 4.74 Å². The van der Waals surface area contributed by atoms with Gasteiger partial charge in [0.15, 0.2) is 0 Å². The Labute approximate surface area is 117 Å². The van der Waals surface area contributed by atoms with Crippen LogP contribution < -0.4 is 5.73 Å². The van der Waals surface area contributed by atoms with E-state index in [1.54, 1.807) is 0 Å². The van der Waals surface area contributed by atoms with Gasteiger partial charge in [0, 0.05) is 13.2 Å². The third-order valence-corrected chi connectivity index (χ3v) is 4.67. The Morgan fingerprint density at radius 1 is 1.11 bits per heavy atom. The van der Waals surface area contributed by atoms with E-state index in [1.165, 1.54) is 30.4 Å². The van der Waals surface area contributed by atoms with Crippen molar-refractivity contribution in [1.29, 1.82) is 0 Å². The molecule has 1 aliphatic carbocycles. The molecule has 2 N–H and O–H groups in total. The van der Waals surface area contributed by atoms with Crippen molar-refractivity contribution in [3.05, 3.63) is 35.4 Å². The molecule has 0 bridgehead atoms. The quantitative estimate of drug-likeness (QED) is 0.881. The predicted octanol–water partition coefficient (Wildman–Crippen LogP) is 3.47. The van der Waals surface area contributed by atoms with Gasteiger partial charge in [0.05, 0.1) is 5.60 Å². The van der Waals surface area contributed by atoms with Crippen molar-refractivity contribution in [1.82, 2.24) is 0 Å². The van der Waals surface area contributed by atoms with E-state index in [0.717, 1.165) is 25.7 Å². The maximum Gasteiger partial charge on any atom is 0.0832 e. The van der Waals surface area contributed by atoms with Gasteiger partial charge in [-0.2, -0.15) is 0 Å². The summed E-state index contributed by atoms with van der Waals surface area (Å²) in [6.07, 6.45) is 8.04. The summed E-state index contributed by atoms with van der Waals surface area (Å²) in [5.41, 5.74) is 9.09. The summed E-state index contributed by atoms with van der Waals surface area (Å²) in [5, 5.41) is 0. The number of nitrogens with two attached hydrogens (primary N) is 1. The lowest BCUT2D eigenvalue weighted by molar-refractivity contribution is -0.0582. The Hall–Kier alpha value is -0.860. The molecule has 1 aromatic rings. The molecule has 2 heteroatoms. The minimum atomic E-state index is -0.0956. The summed E-state index contributed by atoms with van der Waals surface area (Å²) in [5.74, 6) is 0. The van der Waals surface area contributed by atoms with Crippen LogP contribution in [0.25, 0.3) is 0 Å². The van der Waals surface area contributed by atoms with Gasteiger partial charge < -0.3 is 10.5 Å². The van der Waals surface area contributed by atoms with Gasteiger partial charge in [-0.05, 0) is 36.8 Å². The minimum absolute atomic E-state index is 0.0956. The second-order valence-corrected chi connectivity index (χ2v) is 5.81. The molecule has 2 nitrogen and oxygen atoms in total. The number of benzene rings is 1. The zero-order valence-corrected chi connectivity index (χ0v) is 12.3. The lowest BCUT2D eigenvalue weighted by Gasteiger charge is -2.41. The molecule has 1 atom stereocenters. The van der Waals surface area contributed by atoms with Crippen LogP contribution in [0.5, 0.6) is 0 Å². The van der Waals surface area contributed by atoms with Crippen molar-refractivity contribution >= 4 is 0 Å². The lowest BCUT2D eigenvalue weighted by atomic mass is 9.77. The maximum absolute atomic E-state index is 6.47. The van der Waals surface area contributed by atoms with E-state index in [4.69, 9.17) is 10.5 Å². The molecule has 2 rings (SSSR count). The van der Waals surface area contributed by atoms with Gasteiger partial charge in [-0.1, -0.05) is 50.5 Å². The SMILES string of the molecule is CCc1ccc(CC(N)C2(OC)CCCCC2)cc1. The first-order valence-corrected chi connectivity index (χ1v) is 7.59. The topological polar surface area (TPSA) is 35.2 Å². The molecule has 1 fully saturated rings. The van der Waals surface area contributed by atoms with Gasteiger partial charge in [-0.15, -0.1) is 0 Å². The molecule has 1 aromatic carbocycles. The monoisotopic (exact) mass is 261 g/mol. The second-order valence-electron chi connectivity index (χ2n) is 5.81. The fraction of sp³-hybridized carbons (Fsp3) is 0.647. The van der Waals surface area contributed by atoms with Crippen molar-refractivity contribution in [2.75, 3.05) is 7.11 Å². The Morgan fingerprint density at radius 3 is 2.21 bits per heavy atom. The third kappa shape index (κ3) is 3.37. The molecule has 106 valence electrons. The molecule has 19 heavy (non-hydrogen) atoms. The molecule has 0 aromatic heterocycles. The summed E-state index contributed by atoms with van der Waals surface area (Å²) < 4.78 is 5.83. The van der Waals surface area contributed by atoms with Crippen molar-refractivity contribution in [2.45, 2.75) is 63.5 Å². The van der Waals surface area contributed by atoms with Gasteiger partial charge in [0.25, 0.3) is 0 Å². The van der Waals surface area contributed by atoms with E-state index in [-0.39, 0.29) is 11.6 Å². The number of rotatable bonds is 5. The van der Waals surface area contributed by atoms with Crippen LogP contribution in [0.3, 0.4) is 0 Å². The first kappa shape index (κ1) is 14.5. The van der Waals surface area contributed by atoms with E-state index in [0.29, 0.717) is 0 Å². The molecular formula is C17H27NO. The van der Waals surface area contributed by atoms with Crippen LogP contribution in [-0.4, -0.2) is 18.8 Å². The van der Waals surface area contributed by atoms with Crippen LogP contribution in [0, 0.1) is 0 Å². The van der Waals surface area contributed by atoms with Crippen LogP contribution >= 0.6 is 0 Å². The van der Waals surface area contributed by atoms with E-state index in [1.807, 2.05) is 7.11 Å². The van der Waals surface area contributed by atoms with Gasteiger partial charge in [0.1, 0.15) is 0 Å². The second kappa shape index (κ2) is 6.53. The smallest absolute Gasteiger partial charge is 0.0832 e. The summed E-state index contributed by atoms with van der Waals surface area (Å²) in [6, 6.07) is 8.95. The Balaban J connectivity index is 2.03. The molecule has 0 radical (unpaired) electrons. The van der Waals surface area contributed by atoms with Gasteiger partial charge in [0.2, 0.25) is 0 Å². The number of aryl methyl sites for hydroxylation is 1. The van der Waals surface area contributed by atoms with Crippen molar-refractivity contribution in [3.63, 3.8) is 0 Å². The standard InChI is InChI=1S/C17H27NO/c1-3-14-7-9-15(10-8-14)13-16(18)17(19-2)11-5-4-6-12-17/h7-10,16H,3-6,11-13,18H2,1-2H3. The van der Waals surface area contributed by atoms with Gasteiger partial charge in [-0.25, -0.2) is 0 Å². The first-order valence-electron chi connectivity index (χ1n) is 7.59. The largest absolute Gasteiger partial charge is 0.377 e. The van der Waals surface area contributed by atoms with Crippen molar-refractivity contribution in [2.24, 2.45) is 5.73 Å². The molecule has 0 spiro atoms. The van der Waals surface area contributed by atoms with E-state index in [2.05, 4.69) is 31.2 Å². The number of methoxy groups -OCH3 is 1. The average Bonchev–Trinajstić information content (AvgIpc) is 2.48. The molecular weight excluding hydrogens is 234 g/mol. The first-order chi connectivity index (χ1) is 9.20. The maximum atomic E-state index is 6.47. The number of ether oxygens (including phenoxy) is 1. The van der Waals surface area contributed by atoms with Crippen LogP contribution in [0.15, 0.2) is 24.3 Å². The normalized spacial score (nSPS) is 20.2. The van der Waals surface area contributed by atoms with Crippen LogP contribution in [0.2, 0.25) is 0 Å². The average molecular weight is 261 g/mol. The van der Waals surface area contributed by atoms with Crippen molar-refractivity contribution in [3.8, 4) is 0 Å². The van der Waals surface area contributed by atoms with Crippen LogP contribution in [0.4, 0.5) is 0 Å². The zero-order valence-electron chi connectivity index (χ0n) is 12.3. The molecule has 0 aliphatic heterocycles. The summed E-state index contributed by atoms with van der Waals surface area (Å²) >= 11 is 0. The highest BCUT2D eigenvalue weighted by Gasteiger charge is 2.37. The Bertz CT molecular complexity index is 379. The highest BCUT2D eigenvalue weighted by Crippen LogP contribution is 2.34. The minimum Gasteiger partial charge on any atom is -0.377 e. The molecule has 1 unspecified atom stereocenters. The Morgan fingerprint density at radius 2 is 1.68 bits per heavy atom. The summed E-state index contributed by atoms with van der Waals surface area (Å²) in [7, 11) is 1.82. The molecule has 0 heterocycles. The van der Waals surface area contributed by atoms with Gasteiger partial charge in [-0.3, -0.25) is 0 Å². The van der Waals surface area contributed by atoms with E-state index >= 15 is 0 Å². The Kier molecular flexibility index (Phi) is 5.00. The van der Waals surface area contributed by atoms with Crippen LogP contribution in [0.1, 0.15) is 50.2 Å². The van der Waals surface area contributed by atoms with E-state index in [9.17, 15) is 0 Å². The van der Waals surface area contributed by atoms with Gasteiger partial charge >= 0.3 is 0 Å². The highest BCUT2D eigenvalue weighted by atomic mass is 16.5. The molecule has 0 amide bonds. The predicted molar refractivity (Wildman–Crippen MR) is 80.3 cm³/mol. The lowest BCUT2D eigenvalue weighted by Crippen LogP contribution is -2.51. The number of hydrogen-bond donors (Lipinski definition) is 1.